The lowest BCUT2D eigenvalue weighted by Crippen LogP contribution is -2.59. The number of carbonyl (C=O) groups is 1. The number of amides is 1. The quantitative estimate of drug-likeness (QED) is 0.756. The summed E-state index contributed by atoms with van der Waals surface area (Å²) in [6.07, 6.45) is 1.59. The summed E-state index contributed by atoms with van der Waals surface area (Å²) < 4.78 is 5.21. The third-order valence-corrected chi connectivity index (χ3v) is 2.70. The molecule has 1 saturated heterocycles. The maximum atomic E-state index is 11.9. The normalized spacial score (nSPS) is 26.1. The van der Waals surface area contributed by atoms with E-state index in [1.165, 1.54) is 0 Å². The Labute approximate surface area is 94.0 Å². The van der Waals surface area contributed by atoms with Crippen LogP contribution >= 0.6 is 0 Å². The highest BCUT2D eigenvalue weighted by Crippen LogP contribution is 2.11. The van der Waals surface area contributed by atoms with Crippen LogP contribution in [0.15, 0.2) is 22.8 Å². The monoisotopic (exact) mass is 224 g/mol. The number of rotatable bonds is 3. The predicted molar refractivity (Wildman–Crippen MR) is 57.6 cm³/mol. The molecule has 0 aliphatic carbocycles. The van der Waals surface area contributed by atoms with Crippen molar-refractivity contribution in [3.63, 3.8) is 0 Å². The lowest BCUT2D eigenvalue weighted by Gasteiger charge is -2.35. The Bertz CT molecular complexity index is 350. The highest BCUT2D eigenvalue weighted by atomic mass is 16.3. The average molecular weight is 224 g/mol. The zero-order valence-electron chi connectivity index (χ0n) is 9.22. The number of piperazine rings is 1. The summed E-state index contributed by atoms with van der Waals surface area (Å²) in [4.78, 5) is 13.6. The van der Waals surface area contributed by atoms with Crippen molar-refractivity contribution in [3.05, 3.63) is 24.2 Å². The Morgan fingerprint density at radius 1 is 1.69 bits per heavy atom. The topological polar surface area (TPSA) is 65.7 Å². The summed E-state index contributed by atoms with van der Waals surface area (Å²) in [5.74, 6) is 0.691. The first-order valence-electron chi connectivity index (χ1n) is 5.39. The molecule has 2 atom stereocenters. The summed E-state index contributed by atoms with van der Waals surface area (Å²) in [6, 6.07) is 3.34. The van der Waals surface area contributed by atoms with Crippen molar-refractivity contribution < 1.29 is 14.3 Å². The van der Waals surface area contributed by atoms with Gasteiger partial charge in [0.1, 0.15) is 11.8 Å². The second-order valence-electron chi connectivity index (χ2n) is 4.10. The molecule has 0 spiro atoms. The summed E-state index contributed by atoms with van der Waals surface area (Å²) in [5, 5.41) is 12.1. The standard InChI is InChI=1S/C11H16N2O3/c1-8-5-13(6-9-3-2-4-16-9)11(15)10(7-14)12-8/h2-4,8,10,12,14H,5-7H2,1H3. The minimum Gasteiger partial charge on any atom is -0.467 e. The molecule has 5 heteroatoms. The van der Waals surface area contributed by atoms with Gasteiger partial charge in [-0.25, -0.2) is 0 Å². The Morgan fingerprint density at radius 3 is 3.12 bits per heavy atom. The van der Waals surface area contributed by atoms with E-state index in [1.807, 2.05) is 13.0 Å². The van der Waals surface area contributed by atoms with E-state index in [2.05, 4.69) is 5.32 Å². The third-order valence-electron chi connectivity index (χ3n) is 2.70. The first-order chi connectivity index (χ1) is 7.70. The molecular weight excluding hydrogens is 208 g/mol. The SMILES string of the molecule is CC1CN(Cc2ccco2)C(=O)C(CO)N1. The van der Waals surface area contributed by atoms with Gasteiger partial charge in [-0.2, -0.15) is 0 Å². The Kier molecular flexibility index (Phi) is 3.26. The van der Waals surface area contributed by atoms with Gasteiger partial charge in [0.25, 0.3) is 0 Å². The van der Waals surface area contributed by atoms with E-state index < -0.39 is 6.04 Å². The molecule has 0 saturated carbocycles. The number of hydrogen-bond acceptors (Lipinski definition) is 4. The van der Waals surface area contributed by atoms with Crippen molar-refractivity contribution in [3.8, 4) is 0 Å². The third kappa shape index (κ3) is 2.25. The molecule has 1 aliphatic heterocycles. The highest BCUT2D eigenvalue weighted by molar-refractivity contribution is 5.82. The van der Waals surface area contributed by atoms with Crippen molar-refractivity contribution in [1.29, 1.82) is 0 Å². The van der Waals surface area contributed by atoms with Gasteiger partial charge in [-0.1, -0.05) is 0 Å². The number of carbonyl (C=O) groups excluding carboxylic acids is 1. The lowest BCUT2D eigenvalue weighted by molar-refractivity contribution is -0.138. The molecule has 5 nitrogen and oxygen atoms in total. The van der Waals surface area contributed by atoms with Crippen LogP contribution in [0.2, 0.25) is 0 Å². The molecule has 1 aromatic heterocycles. The molecule has 1 aromatic rings. The van der Waals surface area contributed by atoms with Gasteiger partial charge in [0.2, 0.25) is 5.91 Å². The number of nitrogens with one attached hydrogen (secondary N) is 1. The van der Waals surface area contributed by atoms with Crippen molar-refractivity contribution in [1.82, 2.24) is 10.2 Å². The molecule has 16 heavy (non-hydrogen) atoms. The van der Waals surface area contributed by atoms with Gasteiger partial charge in [-0.05, 0) is 19.1 Å². The number of aliphatic hydroxyl groups excluding tert-OH is 1. The second kappa shape index (κ2) is 4.67. The molecule has 2 heterocycles. The van der Waals surface area contributed by atoms with E-state index in [0.29, 0.717) is 13.1 Å². The molecule has 1 aliphatic rings. The Balaban J connectivity index is 2.05. The van der Waals surface area contributed by atoms with Crippen LogP contribution in [0.5, 0.6) is 0 Å². The van der Waals surface area contributed by atoms with Crippen LogP contribution < -0.4 is 5.32 Å². The summed E-state index contributed by atoms with van der Waals surface area (Å²) in [5.41, 5.74) is 0. The minimum absolute atomic E-state index is 0.0722. The maximum Gasteiger partial charge on any atom is 0.242 e. The van der Waals surface area contributed by atoms with E-state index in [4.69, 9.17) is 9.52 Å². The fourth-order valence-electron chi connectivity index (χ4n) is 1.97. The van der Waals surface area contributed by atoms with Gasteiger partial charge in [-0.3, -0.25) is 10.1 Å². The number of nitrogens with zero attached hydrogens (tertiary/aromatic N) is 1. The second-order valence-corrected chi connectivity index (χ2v) is 4.10. The first kappa shape index (κ1) is 11.2. The van der Waals surface area contributed by atoms with Crippen molar-refractivity contribution >= 4 is 5.91 Å². The fourth-order valence-corrected chi connectivity index (χ4v) is 1.97. The van der Waals surface area contributed by atoms with E-state index >= 15 is 0 Å². The zero-order chi connectivity index (χ0) is 11.5. The summed E-state index contributed by atoms with van der Waals surface area (Å²) >= 11 is 0. The number of furan rings is 1. The molecule has 0 aromatic carbocycles. The minimum atomic E-state index is -0.487. The zero-order valence-corrected chi connectivity index (χ0v) is 9.22. The van der Waals surface area contributed by atoms with Crippen LogP contribution in [0.25, 0.3) is 0 Å². The summed E-state index contributed by atoms with van der Waals surface area (Å²) in [6.45, 7) is 2.92. The van der Waals surface area contributed by atoms with Crippen molar-refractivity contribution in [2.24, 2.45) is 0 Å². The summed E-state index contributed by atoms with van der Waals surface area (Å²) in [7, 11) is 0. The van der Waals surface area contributed by atoms with Gasteiger partial charge < -0.3 is 14.4 Å². The maximum absolute atomic E-state index is 11.9. The molecule has 2 N–H and O–H groups in total. The molecule has 1 amide bonds. The highest BCUT2D eigenvalue weighted by Gasteiger charge is 2.31. The van der Waals surface area contributed by atoms with Crippen LogP contribution in [-0.2, 0) is 11.3 Å². The van der Waals surface area contributed by atoms with Crippen molar-refractivity contribution in [2.75, 3.05) is 13.2 Å². The molecular formula is C11H16N2O3. The molecule has 2 unspecified atom stereocenters. The van der Waals surface area contributed by atoms with Gasteiger partial charge >= 0.3 is 0 Å². The van der Waals surface area contributed by atoms with Crippen molar-refractivity contribution in [2.45, 2.75) is 25.6 Å². The number of hydrogen-bond donors (Lipinski definition) is 2. The van der Waals surface area contributed by atoms with E-state index in [0.717, 1.165) is 5.76 Å². The van der Waals surface area contributed by atoms with E-state index in [1.54, 1.807) is 17.2 Å². The Hall–Kier alpha value is -1.33. The molecule has 2 rings (SSSR count). The molecule has 0 bridgehead atoms. The first-order valence-corrected chi connectivity index (χ1v) is 5.39. The van der Waals surface area contributed by atoms with Crippen LogP contribution in [0, 0.1) is 0 Å². The smallest absolute Gasteiger partial charge is 0.242 e. The van der Waals surface area contributed by atoms with E-state index in [-0.39, 0.29) is 18.6 Å². The largest absolute Gasteiger partial charge is 0.467 e. The number of aliphatic hydroxyl groups is 1. The molecule has 0 radical (unpaired) electrons. The van der Waals surface area contributed by atoms with Crippen LogP contribution in [0.1, 0.15) is 12.7 Å². The average Bonchev–Trinajstić information content (AvgIpc) is 2.75. The predicted octanol–water partition coefficient (Wildman–Crippen LogP) is -0.0392. The Morgan fingerprint density at radius 2 is 2.50 bits per heavy atom. The molecule has 1 fully saturated rings. The van der Waals surface area contributed by atoms with Gasteiger partial charge in [-0.15, -0.1) is 0 Å². The van der Waals surface area contributed by atoms with Crippen LogP contribution in [-0.4, -0.2) is 41.1 Å². The lowest BCUT2D eigenvalue weighted by atomic mass is 10.1. The van der Waals surface area contributed by atoms with Gasteiger partial charge in [0, 0.05) is 12.6 Å². The van der Waals surface area contributed by atoms with Gasteiger partial charge in [0.15, 0.2) is 0 Å². The van der Waals surface area contributed by atoms with E-state index in [9.17, 15) is 4.79 Å². The molecule has 88 valence electrons. The fraction of sp³-hybridized carbons (Fsp3) is 0.545. The van der Waals surface area contributed by atoms with Crippen LogP contribution in [0.4, 0.5) is 0 Å². The van der Waals surface area contributed by atoms with Crippen LogP contribution in [0.3, 0.4) is 0 Å². The van der Waals surface area contributed by atoms with Gasteiger partial charge in [0.05, 0.1) is 19.4 Å².